The van der Waals surface area contributed by atoms with Crippen LogP contribution in [0.2, 0.25) is 0 Å². The van der Waals surface area contributed by atoms with E-state index in [0.29, 0.717) is 0 Å². The van der Waals surface area contributed by atoms with E-state index in [4.69, 9.17) is 0 Å². The monoisotopic (exact) mass is 289 g/mol. The van der Waals surface area contributed by atoms with Gasteiger partial charge in [-0.1, -0.05) is 31.9 Å². The van der Waals surface area contributed by atoms with Gasteiger partial charge in [0.15, 0.2) is 0 Å². The number of hydrogen-bond acceptors (Lipinski definition) is 3. The van der Waals surface area contributed by atoms with E-state index in [1.807, 2.05) is 19.1 Å². The summed E-state index contributed by atoms with van der Waals surface area (Å²) in [6.45, 7) is 6.82. The van der Waals surface area contributed by atoms with Crippen LogP contribution in [0.25, 0.3) is 0 Å². The Balaban J connectivity index is 2.01. The largest absolute Gasteiger partial charge is 0.383 e. The fourth-order valence-electron chi connectivity index (χ4n) is 2.74. The molecule has 1 aromatic rings. The summed E-state index contributed by atoms with van der Waals surface area (Å²) in [4.78, 5) is 14.6. The highest BCUT2D eigenvalue weighted by Gasteiger charge is 2.24. The van der Waals surface area contributed by atoms with E-state index in [9.17, 15) is 4.79 Å². The first-order valence-electron chi connectivity index (χ1n) is 8.11. The molecule has 1 aliphatic heterocycles. The number of anilines is 2. The van der Waals surface area contributed by atoms with Crippen molar-refractivity contribution in [2.24, 2.45) is 0 Å². The van der Waals surface area contributed by atoms with Crippen molar-refractivity contribution in [3.63, 3.8) is 0 Å². The number of carbonyl (C=O) groups excluding carboxylic acids is 1. The Hall–Kier alpha value is -1.71. The predicted octanol–water partition coefficient (Wildman–Crippen LogP) is 3.00. The molecule has 0 bridgehead atoms. The highest BCUT2D eigenvalue weighted by atomic mass is 16.2. The molecule has 116 valence electrons. The van der Waals surface area contributed by atoms with Crippen molar-refractivity contribution in [3.05, 3.63) is 24.3 Å². The molecule has 0 spiro atoms. The maximum Gasteiger partial charge on any atom is 0.242 e. The van der Waals surface area contributed by atoms with Crippen LogP contribution < -0.4 is 15.5 Å². The molecule has 21 heavy (non-hydrogen) atoms. The minimum atomic E-state index is -0.132. The zero-order valence-corrected chi connectivity index (χ0v) is 13.2. The minimum Gasteiger partial charge on any atom is -0.383 e. The van der Waals surface area contributed by atoms with E-state index in [1.54, 1.807) is 0 Å². The number of carbonyl (C=O) groups is 1. The zero-order valence-electron chi connectivity index (χ0n) is 13.2. The van der Waals surface area contributed by atoms with Gasteiger partial charge in [-0.3, -0.25) is 4.79 Å². The lowest BCUT2D eigenvalue weighted by molar-refractivity contribution is -0.122. The van der Waals surface area contributed by atoms with E-state index in [-0.39, 0.29) is 11.9 Å². The van der Waals surface area contributed by atoms with Crippen LogP contribution in [0.5, 0.6) is 0 Å². The standard InChI is InChI=1S/C17H27N3O/c1-3-4-7-11-19-17(21)14(2)20-13-8-12-18-15-9-5-6-10-16(15)20/h5-6,9-10,14,18H,3-4,7-8,11-13H2,1-2H3,(H,19,21). The normalized spacial score (nSPS) is 15.6. The third kappa shape index (κ3) is 4.13. The Kier molecular flexibility index (Phi) is 5.90. The molecule has 1 unspecified atom stereocenters. The lowest BCUT2D eigenvalue weighted by Crippen LogP contribution is -2.45. The number of fused-ring (bicyclic) bond motifs is 1. The Labute approximate surface area is 127 Å². The highest BCUT2D eigenvalue weighted by molar-refractivity contribution is 5.86. The second-order valence-corrected chi connectivity index (χ2v) is 5.66. The van der Waals surface area contributed by atoms with Gasteiger partial charge in [0, 0.05) is 19.6 Å². The first-order valence-corrected chi connectivity index (χ1v) is 8.11. The van der Waals surface area contributed by atoms with Crippen molar-refractivity contribution in [2.45, 2.75) is 45.6 Å². The van der Waals surface area contributed by atoms with Gasteiger partial charge in [-0.25, -0.2) is 0 Å². The summed E-state index contributed by atoms with van der Waals surface area (Å²) in [7, 11) is 0. The summed E-state index contributed by atoms with van der Waals surface area (Å²) in [5.41, 5.74) is 2.26. The smallest absolute Gasteiger partial charge is 0.242 e. The molecule has 0 saturated heterocycles. The second-order valence-electron chi connectivity index (χ2n) is 5.66. The molecule has 4 nitrogen and oxygen atoms in total. The van der Waals surface area contributed by atoms with Crippen LogP contribution in [-0.2, 0) is 4.79 Å². The van der Waals surface area contributed by atoms with Crippen LogP contribution in [0.3, 0.4) is 0 Å². The van der Waals surface area contributed by atoms with Gasteiger partial charge in [0.2, 0.25) is 5.91 Å². The molecule has 0 aromatic heterocycles. The highest BCUT2D eigenvalue weighted by Crippen LogP contribution is 2.29. The van der Waals surface area contributed by atoms with Gasteiger partial charge in [-0.15, -0.1) is 0 Å². The molecule has 1 heterocycles. The second kappa shape index (κ2) is 7.91. The molecule has 0 saturated carbocycles. The Bertz CT molecular complexity index is 461. The number of rotatable bonds is 6. The van der Waals surface area contributed by atoms with Gasteiger partial charge >= 0.3 is 0 Å². The topological polar surface area (TPSA) is 44.4 Å². The fourth-order valence-corrected chi connectivity index (χ4v) is 2.74. The molecule has 0 aliphatic carbocycles. The molecular formula is C17H27N3O. The van der Waals surface area contributed by atoms with Gasteiger partial charge < -0.3 is 15.5 Å². The van der Waals surface area contributed by atoms with Crippen molar-refractivity contribution in [1.82, 2.24) is 5.32 Å². The molecule has 0 radical (unpaired) electrons. The lowest BCUT2D eigenvalue weighted by Gasteiger charge is -2.30. The summed E-state index contributed by atoms with van der Waals surface area (Å²) in [6.07, 6.45) is 4.46. The van der Waals surface area contributed by atoms with Crippen molar-refractivity contribution in [3.8, 4) is 0 Å². The molecule has 1 aromatic carbocycles. The molecule has 0 fully saturated rings. The summed E-state index contributed by atoms with van der Waals surface area (Å²) < 4.78 is 0. The van der Waals surface area contributed by atoms with Crippen LogP contribution in [0, 0.1) is 0 Å². The summed E-state index contributed by atoms with van der Waals surface area (Å²) in [5, 5.41) is 6.50. The van der Waals surface area contributed by atoms with Crippen molar-refractivity contribution in [1.29, 1.82) is 0 Å². The maximum atomic E-state index is 12.4. The number of para-hydroxylation sites is 2. The van der Waals surface area contributed by atoms with Gasteiger partial charge in [0.05, 0.1) is 11.4 Å². The maximum absolute atomic E-state index is 12.4. The van der Waals surface area contributed by atoms with Crippen LogP contribution in [0.4, 0.5) is 11.4 Å². The molecule has 1 amide bonds. The fraction of sp³-hybridized carbons (Fsp3) is 0.588. The number of nitrogens with zero attached hydrogens (tertiary/aromatic N) is 1. The molecule has 2 rings (SSSR count). The summed E-state index contributed by atoms with van der Waals surface area (Å²) >= 11 is 0. The number of hydrogen-bond donors (Lipinski definition) is 2. The SMILES string of the molecule is CCCCCNC(=O)C(C)N1CCCNc2ccccc21. The number of unbranched alkanes of at least 4 members (excludes halogenated alkanes) is 2. The van der Waals surface area contributed by atoms with Crippen LogP contribution >= 0.6 is 0 Å². The third-order valence-electron chi connectivity index (χ3n) is 4.03. The van der Waals surface area contributed by atoms with Crippen LogP contribution in [0.15, 0.2) is 24.3 Å². The van der Waals surface area contributed by atoms with Gasteiger partial charge in [-0.05, 0) is 31.9 Å². The predicted molar refractivity (Wildman–Crippen MR) is 88.9 cm³/mol. The molecule has 1 atom stereocenters. The molecular weight excluding hydrogens is 262 g/mol. The van der Waals surface area contributed by atoms with Gasteiger partial charge in [0.25, 0.3) is 0 Å². The number of benzene rings is 1. The molecule has 1 aliphatic rings. The van der Waals surface area contributed by atoms with Crippen LogP contribution in [-0.4, -0.2) is 31.6 Å². The quantitative estimate of drug-likeness (QED) is 0.791. The van der Waals surface area contributed by atoms with E-state index in [0.717, 1.165) is 43.9 Å². The average Bonchev–Trinajstić information content (AvgIpc) is 2.73. The summed E-state index contributed by atoms with van der Waals surface area (Å²) in [5.74, 6) is 0.128. The summed E-state index contributed by atoms with van der Waals surface area (Å²) in [6, 6.07) is 8.11. The van der Waals surface area contributed by atoms with Crippen molar-refractivity contribution in [2.75, 3.05) is 29.9 Å². The van der Waals surface area contributed by atoms with E-state index < -0.39 is 0 Å². The molecule has 2 N–H and O–H groups in total. The number of amides is 1. The van der Waals surface area contributed by atoms with E-state index in [1.165, 1.54) is 12.8 Å². The van der Waals surface area contributed by atoms with Gasteiger partial charge in [-0.2, -0.15) is 0 Å². The van der Waals surface area contributed by atoms with E-state index >= 15 is 0 Å². The van der Waals surface area contributed by atoms with E-state index in [2.05, 4.69) is 34.6 Å². The van der Waals surface area contributed by atoms with Crippen molar-refractivity contribution >= 4 is 17.3 Å². The van der Waals surface area contributed by atoms with Gasteiger partial charge in [0.1, 0.15) is 6.04 Å². The first kappa shape index (κ1) is 15.7. The Morgan fingerprint density at radius 3 is 3.00 bits per heavy atom. The Morgan fingerprint density at radius 2 is 2.19 bits per heavy atom. The van der Waals surface area contributed by atoms with Crippen LogP contribution in [0.1, 0.15) is 39.5 Å². The van der Waals surface area contributed by atoms with Crippen molar-refractivity contribution < 1.29 is 4.79 Å². The average molecular weight is 289 g/mol. The zero-order chi connectivity index (χ0) is 15.1. The Morgan fingerprint density at radius 1 is 1.38 bits per heavy atom. The third-order valence-corrected chi connectivity index (χ3v) is 4.03. The molecule has 4 heteroatoms. The lowest BCUT2D eigenvalue weighted by atomic mass is 10.2. The first-order chi connectivity index (χ1) is 10.2. The minimum absolute atomic E-state index is 0.128. The number of nitrogens with one attached hydrogen (secondary N) is 2.